The van der Waals surface area contributed by atoms with E-state index in [2.05, 4.69) is 308 Å². The Kier molecular flexibility index (Phi) is 12.0. The van der Waals surface area contributed by atoms with Crippen molar-refractivity contribution in [3.63, 3.8) is 0 Å². The van der Waals surface area contributed by atoms with Gasteiger partial charge in [-0.3, -0.25) is 0 Å². The molecule has 0 radical (unpaired) electrons. The zero-order valence-corrected chi connectivity index (χ0v) is 50.5. The SMILES string of the molecule is Cc1ccc(-c2cc(N(c3ccc(C(C)C)cc3)c3cc4c(c5c3oc3ccccc35)-c3c(cc(N(c5ccc(C(C)C)cc5)c5ccc(C)c(-c6ccc(C)cc6)c5)c5c3oc3ccccc35)C43c4ccccc4-c4ccccc43)ccc2C)cc1. The number of para-hydroxylation sites is 2. The predicted octanol–water partition coefficient (Wildman–Crippen LogP) is 23.6. The molecule has 1 spiro atoms. The Bertz CT molecular complexity index is 5030. The lowest BCUT2D eigenvalue weighted by Crippen LogP contribution is -2.26. The van der Waals surface area contributed by atoms with Crippen LogP contribution in [0, 0.1) is 27.7 Å². The standard InChI is InChI=1S/C83H66N2O2/c1-49(2)55-35-41-59(42-36-55)84(61-39-29-53(7)67(45-61)57-31-25-51(5)26-32-57)73-47-72-80(82-77(73)65-19-11-15-23-75(65)87-82)79-71(83(72)69-21-13-9-17-63(69)64-18-10-14-22-70(64)83)48-74(81-78(79)66-20-12-16-24-76(66)86-81)85(60-43-37-56(38-44-60)50(3)4)62-40-30-54(8)68(46-62)58-33-27-52(6)28-34-58/h9-50H,1-8H3. The second kappa shape index (κ2) is 20.0. The lowest BCUT2D eigenvalue weighted by molar-refractivity contribution is 0.668. The molecule has 12 aromatic carbocycles. The largest absolute Gasteiger partial charge is 0.455 e. The van der Waals surface area contributed by atoms with E-state index in [9.17, 15) is 0 Å². The van der Waals surface area contributed by atoms with Crippen molar-refractivity contribution < 1.29 is 8.83 Å². The average molecular weight is 1120 g/mol. The van der Waals surface area contributed by atoms with Crippen LogP contribution in [0.25, 0.3) is 88.4 Å². The van der Waals surface area contributed by atoms with Crippen molar-refractivity contribution in [2.45, 2.75) is 72.6 Å². The normalized spacial score (nSPS) is 12.9. The number of anilines is 6. The van der Waals surface area contributed by atoms with Crippen LogP contribution in [-0.4, -0.2) is 0 Å². The zero-order valence-electron chi connectivity index (χ0n) is 50.5. The van der Waals surface area contributed by atoms with Crippen LogP contribution in [0.1, 0.15) is 95.2 Å². The molecule has 0 atom stereocenters. The molecule has 2 aliphatic rings. The molecule has 0 aliphatic heterocycles. The maximum Gasteiger partial charge on any atom is 0.160 e. The van der Waals surface area contributed by atoms with Gasteiger partial charge in [-0.05, 0) is 190 Å². The molecule has 0 bridgehead atoms. The molecule has 0 N–H and O–H groups in total. The molecule has 0 unspecified atom stereocenters. The van der Waals surface area contributed by atoms with Crippen LogP contribution in [0.2, 0.25) is 0 Å². The van der Waals surface area contributed by atoms with Gasteiger partial charge in [0.1, 0.15) is 16.7 Å². The summed E-state index contributed by atoms with van der Waals surface area (Å²) >= 11 is 0. The average Bonchev–Trinajstić information content (AvgIpc) is 1.50. The summed E-state index contributed by atoms with van der Waals surface area (Å²) in [6, 6.07) is 91.0. The summed E-state index contributed by atoms with van der Waals surface area (Å²) in [6.07, 6.45) is 0. The summed E-state index contributed by atoms with van der Waals surface area (Å²) in [6.45, 7) is 17.8. The molecule has 2 aliphatic carbocycles. The predicted molar refractivity (Wildman–Crippen MR) is 365 cm³/mol. The molecule has 0 saturated carbocycles. The van der Waals surface area contributed by atoms with E-state index in [-0.39, 0.29) is 0 Å². The van der Waals surface area contributed by atoms with Gasteiger partial charge in [0.2, 0.25) is 0 Å². The van der Waals surface area contributed by atoms with E-state index in [1.54, 1.807) is 0 Å². The van der Waals surface area contributed by atoms with Gasteiger partial charge < -0.3 is 18.6 Å². The number of hydrogen-bond acceptors (Lipinski definition) is 4. The van der Waals surface area contributed by atoms with Gasteiger partial charge in [0, 0.05) is 50.0 Å². The summed E-state index contributed by atoms with van der Waals surface area (Å²) in [5.41, 5.74) is 30.4. The van der Waals surface area contributed by atoms with Crippen LogP contribution >= 0.6 is 0 Å². The highest BCUT2D eigenvalue weighted by molar-refractivity contribution is 6.26. The highest BCUT2D eigenvalue weighted by Gasteiger charge is 2.54. The summed E-state index contributed by atoms with van der Waals surface area (Å²) in [4.78, 5) is 4.97. The number of rotatable bonds is 10. The molecule has 87 heavy (non-hydrogen) atoms. The Morgan fingerprint density at radius 3 is 1.25 bits per heavy atom. The van der Waals surface area contributed by atoms with E-state index in [1.165, 1.54) is 89.0 Å². The fraction of sp³-hybridized carbons (Fsp3) is 0.133. The summed E-state index contributed by atoms with van der Waals surface area (Å²) in [7, 11) is 0. The van der Waals surface area contributed by atoms with E-state index in [0.29, 0.717) is 11.8 Å². The quantitative estimate of drug-likeness (QED) is 0.137. The van der Waals surface area contributed by atoms with Crippen molar-refractivity contribution in [1.82, 2.24) is 0 Å². The highest BCUT2D eigenvalue weighted by Crippen LogP contribution is 2.68. The minimum absolute atomic E-state index is 0.361. The van der Waals surface area contributed by atoms with Crippen molar-refractivity contribution in [1.29, 1.82) is 0 Å². The number of benzene rings is 12. The third-order valence-electron chi connectivity index (χ3n) is 19.1. The molecule has 0 amide bonds. The molecular weight excluding hydrogens is 1060 g/mol. The van der Waals surface area contributed by atoms with E-state index >= 15 is 0 Å². The monoisotopic (exact) mass is 1120 g/mol. The molecule has 420 valence electrons. The second-order valence-electron chi connectivity index (χ2n) is 25.0. The van der Waals surface area contributed by atoms with Crippen molar-refractivity contribution in [3.8, 4) is 44.5 Å². The smallest absolute Gasteiger partial charge is 0.160 e. The number of fused-ring (bicyclic) bond motifs is 18. The maximum absolute atomic E-state index is 7.66. The first-order chi connectivity index (χ1) is 42.4. The molecule has 0 fully saturated rings. The number of furan rings is 2. The topological polar surface area (TPSA) is 32.8 Å². The first-order valence-electron chi connectivity index (χ1n) is 30.8. The Labute approximate surface area is 509 Å². The van der Waals surface area contributed by atoms with Gasteiger partial charge in [-0.1, -0.05) is 209 Å². The van der Waals surface area contributed by atoms with Gasteiger partial charge in [0.05, 0.1) is 22.2 Å². The summed E-state index contributed by atoms with van der Waals surface area (Å²) in [5.74, 6) is 0.724. The molecule has 16 rings (SSSR count). The molecule has 2 heterocycles. The van der Waals surface area contributed by atoms with Crippen LogP contribution in [-0.2, 0) is 5.41 Å². The minimum atomic E-state index is -0.845. The van der Waals surface area contributed by atoms with Gasteiger partial charge in [-0.25, -0.2) is 0 Å². The van der Waals surface area contributed by atoms with E-state index in [0.717, 1.165) is 89.1 Å². The molecule has 4 nitrogen and oxygen atoms in total. The first kappa shape index (κ1) is 52.4. The van der Waals surface area contributed by atoms with Gasteiger partial charge in [0.25, 0.3) is 0 Å². The van der Waals surface area contributed by atoms with Crippen molar-refractivity contribution >= 4 is 78.0 Å². The Morgan fingerprint density at radius 2 is 0.747 bits per heavy atom. The third kappa shape index (κ3) is 7.97. The molecular formula is C83H66N2O2. The van der Waals surface area contributed by atoms with Crippen LogP contribution in [0.3, 0.4) is 0 Å². The van der Waals surface area contributed by atoms with Crippen molar-refractivity contribution in [2.24, 2.45) is 0 Å². The number of hydrogen-bond donors (Lipinski definition) is 0. The van der Waals surface area contributed by atoms with Crippen molar-refractivity contribution in [3.05, 3.63) is 298 Å². The lowest BCUT2D eigenvalue weighted by atomic mass is 9.70. The number of nitrogens with zero attached hydrogens (tertiary/aromatic N) is 2. The molecule has 2 aromatic heterocycles. The summed E-state index contributed by atoms with van der Waals surface area (Å²) in [5, 5.41) is 4.22. The van der Waals surface area contributed by atoms with Crippen molar-refractivity contribution in [2.75, 3.05) is 9.80 Å². The Balaban J connectivity index is 1.07. The fourth-order valence-corrected chi connectivity index (χ4v) is 14.6. The Morgan fingerprint density at radius 1 is 0.333 bits per heavy atom. The fourth-order valence-electron chi connectivity index (χ4n) is 14.6. The summed E-state index contributed by atoms with van der Waals surface area (Å²) < 4.78 is 15.2. The third-order valence-corrected chi connectivity index (χ3v) is 19.1. The Hall–Kier alpha value is -10.2. The maximum atomic E-state index is 7.66. The first-order valence-corrected chi connectivity index (χ1v) is 30.8. The molecule has 0 saturated heterocycles. The number of aryl methyl sites for hydroxylation is 4. The van der Waals surface area contributed by atoms with Gasteiger partial charge in [0.15, 0.2) is 5.58 Å². The van der Waals surface area contributed by atoms with E-state index < -0.39 is 5.41 Å². The molecule has 4 heteroatoms. The lowest BCUT2D eigenvalue weighted by Gasteiger charge is -2.34. The van der Waals surface area contributed by atoms with Crippen LogP contribution in [0.4, 0.5) is 34.1 Å². The van der Waals surface area contributed by atoms with Crippen LogP contribution in [0.5, 0.6) is 0 Å². The van der Waals surface area contributed by atoms with E-state index in [4.69, 9.17) is 8.83 Å². The van der Waals surface area contributed by atoms with Gasteiger partial charge in [-0.2, -0.15) is 0 Å². The second-order valence-corrected chi connectivity index (χ2v) is 25.0. The van der Waals surface area contributed by atoms with Gasteiger partial charge in [-0.15, -0.1) is 0 Å². The molecule has 14 aromatic rings. The van der Waals surface area contributed by atoms with Crippen LogP contribution in [0.15, 0.2) is 251 Å². The van der Waals surface area contributed by atoms with Crippen LogP contribution < -0.4 is 9.80 Å². The zero-order chi connectivity index (χ0) is 59.0. The van der Waals surface area contributed by atoms with Gasteiger partial charge >= 0.3 is 0 Å². The van der Waals surface area contributed by atoms with E-state index in [1.807, 2.05) is 0 Å². The highest BCUT2D eigenvalue weighted by atomic mass is 16.3. The minimum Gasteiger partial charge on any atom is -0.455 e.